The van der Waals surface area contributed by atoms with Crippen LogP contribution in [0.2, 0.25) is 0 Å². The van der Waals surface area contributed by atoms with Crippen molar-refractivity contribution in [3.8, 4) is 0 Å². The van der Waals surface area contributed by atoms with Gasteiger partial charge in [0.1, 0.15) is 6.04 Å². The number of hydrogen-bond donors (Lipinski definition) is 1. The van der Waals surface area contributed by atoms with E-state index in [2.05, 4.69) is 20.0 Å². The van der Waals surface area contributed by atoms with Crippen LogP contribution in [0.5, 0.6) is 0 Å². The normalized spacial score (nSPS) is 19.7. The molecular formula is C11H14F2N6O3S. The van der Waals surface area contributed by atoms with Gasteiger partial charge in [0.05, 0.1) is 6.54 Å². The predicted octanol–water partition coefficient (Wildman–Crippen LogP) is 0.391. The lowest BCUT2D eigenvalue weighted by Crippen LogP contribution is -2.24. The third-order valence-corrected chi connectivity index (χ3v) is 4.52. The highest BCUT2D eigenvalue weighted by atomic mass is 32.2. The Morgan fingerprint density at radius 2 is 2.17 bits per heavy atom. The second-order valence-corrected chi connectivity index (χ2v) is 7.03. The molecule has 0 aromatic carbocycles. The minimum atomic E-state index is -3.96. The molecule has 0 aliphatic heterocycles. The van der Waals surface area contributed by atoms with Crippen LogP contribution in [-0.2, 0) is 16.6 Å². The lowest BCUT2D eigenvalue weighted by Gasteiger charge is -2.03. The second-order valence-electron chi connectivity index (χ2n) is 5.31. The van der Waals surface area contributed by atoms with Crippen molar-refractivity contribution in [2.45, 2.75) is 30.0 Å². The van der Waals surface area contributed by atoms with E-state index in [1.165, 1.54) is 6.20 Å². The van der Waals surface area contributed by atoms with Crippen molar-refractivity contribution in [2.75, 3.05) is 19.0 Å². The summed E-state index contributed by atoms with van der Waals surface area (Å²) in [5.74, 6) is -2.75. The topological polar surface area (TPSA) is 106 Å². The van der Waals surface area contributed by atoms with E-state index in [4.69, 9.17) is 4.42 Å². The average molecular weight is 348 g/mol. The number of anilines is 1. The molecule has 2 aromatic rings. The van der Waals surface area contributed by atoms with Crippen LogP contribution in [-0.4, -0.2) is 48.4 Å². The molecule has 1 fully saturated rings. The molecule has 12 heteroatoms. The Balaban J connectivity index is 1.67. The first kappa shape index (κ1) is 15.8. The van der Waals surface area contributed by atoms with Crippen LogP contribution in [0.25, 0.3) is 0 Å². The van der Waals surface area contributed by atoms with Gasteiger partial charge in [0, 0.05) is 26.7 Å². The number of nitrogens with zero attached hydrogens (tertiary/aromatic N) is 5. The summed E-state index contributed by atoms with van der Waals surface area (Å²) in [5.41, 5.74) is 0. The van der Waals surface area contributed by atoms with E-state index < -0.39 is 22.0 Å². The summed E-state index contributed by atoms with van der Waals surface area (Å²) in [6, 6.07) is 0.319. The lowest BCUT2D eigenvalue weighted by atomic mass is 10.6. The molecule has 23 heavy (non-hydrogen) atoms. The smallest absolute Gasteiger partial charge is 0.317 e. The van der Waals surface area contributed by atoms with E-state index in [1.54, 1.807) is 19.0 Å². The van der Waals surface area contributed by atoms with Crippen LogP contribution in [0.1, 0.15) is 18.4 Å². The van der Waals surface area contributed by atoms with Crippen LogP contribution in [0, 0.1) is 0 Å². The molecule has 1 aliphatic rings. The standard InChI is InChI=1S/C11H14F2N6O3S/c1-18(2)10-16-15-8(22-10)6-14-23(20,21)9-3-4-19(17-9)7-5-11(7,12)13/h3-4,7,14H,5-6H2,1-2H3. The number of rotatable bonds is 6. The van der Waals surface area contributed by atoms with Crippen LogP contribution < -0.4 is 9.62 Å². The number of halogens is 2. The van der Waals surface area contributed by atoms with E-state index in [0.717, 1.165) is 10.7 Å². The number of nitrogens with one attached hydrogen (secondary N) is 1. The van der Waals surface area contributed by atoms with Gasteiger partial charge < -0.3 is 9.32 Å². The van der Waals surface area contributed by atoms with Gasteiger partial charge in [-0.1, -0.05) is 5.10 Å². The van der Waals surface area contributed by atoms with Gasteiger partial charge in [-0.05, 0) is 6.07 Å². The Labute approximate surface area is 130 Å². The number of alkyl halides is 2. The summed E-state index contributed by atoms with van der Waals surface area (Å²) < 4.78 is 58.5. The van der Waals surface area contributed by atoms with E-state index in [1.807, 2.05) is 0 Å². The summed E-state index contributed by atoms with van der Waals surface area (Å²) in [6.45, 7) is -0.227. The fraction of sp³-hybridized carbons (Fsp3) is 0.545. The molecule has 1 saturated carbocycles. The molecule has 3 rings (SSSR count). The third-order valence-electron chi connectivity index (χ3n) is 3.22. The highest BCUT2D eigenvalue weighted by Gasteiger charge is 2.59. The van der Waals surface area contributed by atoms with Gasteiger partial charge in [0.25, 0.3) is 15.9 Å². The van der Waals surface area contributed by atoms with Gasteiger partial charge in [-0.2, -0.15) is 5.10 Å². The molecule has 0 saturated heterocycles. The SMILES string of the molecule is CN(C)c1nnc(CNS(=O)(=O)c2ccn(C3CC3(F)F)n2)o1. The molecule has 126 valence electrons. The first-order chi connectivity index (χ1) is 10.7. The summed E-state index contributed by atoms with van der Waals surface area (Å²) >= 11 is 0. The van der Waals surface area contributed by atoms with Crippen molar-refractivity contribution in [3.63, 3.8) is 0 Å². The van der Waals surface area contributed by atoms with Crippen molar-refractivity contribution >= 4 is 16.0 Å². The number of sulfonamides is 1. The van der Waals surface area contributed by atoms with E-state index >= 15 is 0 Å². The molecule has 0 bridgehead atoms. The molecule has 1 unspecified atom stereocenters. The molecule has 2 aromatic heterocycles. The summed E-state index contributed by atoms with van der Waals surface area (Å²) in [4.78, 5) is 1.57. The van der Waals surface area contributed by atoms with Gasteiger partial charge in [-0.25, -0.2) is 21.9 Å². The lowest BCUT2D eigenvalue weighted by molar-refractivity contribution is 0.0981. The predicted molar refractivity (Wildman–Crippen MR) is 73.5 cm³/mol. The van der Waals surface area contributed by atoms with Crippen LogP contribution in [0.3, 0.4) is 0 Å². The van der Waals surface area contributed by atoms with Gasteiger partial charge in [0.15, 0.2) is 5.03 Å². The monoisotopic (exact) mass is 348 g/mol. The largest absolute Gasteiger partial charge is 0.407 e. The van der Waals surface area contributed by atoms with Gasteiger partial charge >= 0.3 is 6.01 Å². The molecule has 0 amide bonds. The molecule has 0 radical (unpaired) electrons. The fourth-order valence-corrected chi connectivity index (χ4v) is 2.75. The zero-order valence-electron chi connectivity index (χ0n) is 12.3. The first-order valence-corrected chi connectivity index (χ1v) is 8.10. The average Bonchev–Trinajstić information content (AvgIpc) is 2.95. The zero-order chi connectivity index (χ0) is 16.8. The fourth-order valence-electron chi connectivity index (χ4n) is 1.85. The molecular weight excluding hydrogens is 334 g/mol. The Hall–Kier alpha value is -2.08. The zero-order valence-corrected chi connectivity index (χ0v) is 13.1. The van der Waals surface area contributed by atoms with E-state index in [9.17, 15) is 17.2 Å². The Morgan fingerprint density at radius 3 is 2.74 bits per heavy atom. The van der Waals surface area contributed by atoms with E-state index in [0.29, 0.717) is 0 Å². The minimum absolute atomic E-state index is 0.0745. The Morgan fingerprint density at radius 1 is 1.48 bits per heavy atom. The summed E-state index contributed by atoms with van der Waals surface area (Å²) in [7, 11) is -0.567. The van der Waals surface area contributed by atoms with Crippen molar-refractivity contribution in [2.24, 2.45) is 0 Å². The van der Waals surface area contributed by atoms with Crippen LogP contribution in [0.15, 0.2) is 21.7 Å². The van der Waals surface area contributed by atoms with Crippen molar-refractivity contribution in [1.29, 1.82) is 0 Å². The minimum Gasteiger partial charge on any atom is -0.407 e. The molecule has 1 N–H and O–H groups in total. The van der Waals surface area contributed by atoms with Gasteiger partial charge in [-0.15, -0.1) is 5.10 Å². The Bertz CT molecular complexity index is 815. The van der Waals surface area contributed by atoms with Crippen LogP contribution >= 0.6 is 0 Å². The highest BCUT2D eigenvalue weighted by molar-refractivity contribution is 7.89. The number of hydrogen-bond acceptors (Lipinski definition) is 7. The second kappa shape index (κ2) is 5.23. The molecule has 2 heterocycles. The maximum Gasteiger partial charge on any atom is 0.317 e. The molecule has 0 spiro atoms. The van der Waals surface area contributed by atoms with Crippen molar-refractivity contribution in [3.05, 3.63) is 18.2 Å². The van der Waals surface area contributed by atoms with Gasteiger partial charge in [-0.3, -0.25) is 4.68 Å². The maximum absolute atomic E-state index is 13.0. The Kier molecular flexibility index (Phi) is 3.59. The van der Waals surface area contributed by atoms with Gasteiger partial charge in [0.2, 0.25) is 5.89 Å². The quantitative estimate of drug-likeness (QED) is 0.805. The number of aromatic nitrogens is 4. The highest BCUT2D eigenvalue weighted by Crippen LogP contribution is 2.52. The van der Waals surface area contributed by atoms with Crippen molar-refractivity contribution < 1.29 is 21.6 Å². The van der Waals surface area contributed by atoms with E-state index in [-0.39, 0.29) is 29.9 Å². The van der Waals surface area contributed by atoms with Crippen LogP contribution in [0.4, 0.5) is 14.8 Å². The molecule has 9 nitrogen and oxygen atoms in total. The summed E-state index contributed by atoms with van der Waals surface area (Å²) in [5, 5.41) is 10.8. The molecule has 1 aliphatic carbocycles. The third kappa shape index (κ3) is 3.17. The van der Waals surface area contributed by atoms with Crippen molar-refractivity contribution in [1.82, 2.24) is 24.7 Å². The summed E-state index contributed by atoms with van der Waals surface area (Å²) in [6.07, 6.45) is 0.883. The maximum atomic E-state index is 13.0. The first-order valence-electron chi connectivity index (χ1n) is 6.61. The molecule has 1 atom stereocenters.